The van der Waals surface area contributed by atoms with Crippen LogP contribution in [0, 0.1) is 5.82 Å². The highest BCUT2D eigenvalue weighted by Crippen LogP contribution is 2.17. The second-order valence-electron chi connectivity index (χ2n) is 4.81. The summed E-state index contributed by atoms with van der Waals surface area (Å²) in [6.45, 7) is 3.80. The molecule has 0 spiro atoms. The minimum atomic E-state index is -0.229. The monoisotopic (exact) mass is 274 g/mol. The number of nitrogens with one attached hydrogen (secondary N) is 1. The van der Waals surface area contributed by atoms with Gasteiger partial charge >= 0.3 is 0 Å². The molecule has 1 aliphatic rings. The van der Waals surface area contributed by atoms with Crippen molar-refractivity contribution in [2.45, 2.75) is 19.0 Å². The first-order valence-electron chi connectivity index (χ1n) is 6.42. The molecular formula is C13H20ClFN2O+2. The third kappa shape index (κ3) is 3.20. The minimum Gasteiger partial charge on any atom is -0.396 e. The first-order valence-corrected chi connectivity index (χ1v) is 6.80. The van der Waals surface area contributed by atoms with Crippen LogP contribution in [0.5, 0.6) is 0 Å². The van der Waals surface area contributed by atoms with Gasteiger partial charge in [-0.25, -0.2) is 4.39 Å². The van der Waals surface area contributed by atoms with Gasteiger partial charge in [-0.05, 0) is 12.1 Å². The third-order valence-corrected chi connectivity index (χ3v) is 4.00. The lowest BCUT2D eigenvalue weighted by Gasteiger charge is -2.31. The standard InChI is InChI=1S/C13H18ClFN2O/c14-12-2-1-3-13(15)11(12)9-17-6-5-16-8-10(17)4-7-18/h1-3,10,16,18H,4-9H2/p+2/t10-/m1/s1. The van der Waals surface area contributed by atoms with Gasteiger partial charge in [-0.3, -0.25) is 0 Å². The van der Waals surface area contributed by atoms with E-state index in [0.29, 0.717) is 23.2 Å². The molecule has 3 nitrogen and oxygen atoms in total. The van der Waals surface area contributed by atoms with Crippen molar-refractivity contribution in [1.82, 2.24) is 0 Å². The van der Waals surface area contributed by atoms with Gasteiger partial charge in [0.1, 0.15) is 38.0 Å². The van der Waals surface area contributed by atoms with Crippen LogP contribution in [0.1, 0.15) is 12.0 Å². The lowest BCUT2D eigenvalue weighted by Crippen LogP contribution is -3.23. The van der Waals surface area contributed by atoms with Gasteiger partial charge in [0.2, 0.25) is 0 Å². The van der Waals surface area contributed by atoms with Crippen molar-refractivity contribution in [1.29, 1.82) is 0 Å². The Labute approximate surface area is 112 Å². The number of halogens is 2. The summed E-state index contributed by atoms with van der Waals surface area (Å²) in [5.74, 6) is -0.229. The maximum atomic E-state index is 13.8. The van der Waals surface area contributed by atoms with E-state index in [4.69, 9.17) is 16.7 Å². The number of hydrogen-bond acceptors (Lipinski definition) is 1. The van der Waals surface area contributed by atoms with Gasteiger partial charge in [0.15, 0.2) is 0 Å². The van der Waals surface area contributed by atoms with Gasteiger partial charge in [-0.15, -0.1) is 0 Å². The molecule has 5 heteroatoms. The fourth-order valence-corrected chi connectivity index (χ4v) is 2.85. The highest BCUT2D eigenvalue weighted by atomic mass is 35.5. The van der Waals surface area contributed by atoms with E-state index in [1.807, 2.05) is 0 Å². The summed E-state index contributed by atoms with van der Waals surface area (Å²) in [7, 11) is 0. The van der Waals surface area contributed by atoms with Crippen molar-refractivity contribution in [2.75, 3.05) is 26.2 Å². The molecule has 1 unspecified atom stereocenters. The van der Waals surface area contributed by atoms with Gasteiger partial charge in [-0.2, -0.15) is 0 Å². The van der Waals surface area contributed by atoms with E-state index in [1.165, 1.54) is 11.0 Å². The molecule has 18 heavy (non-hydrogen) atoms. The zero-order chi connectivity index (χ0) is 13.0. The molecule has 0 radical (unpaired) electrons. The van der Waals surface area contributed by atoms with Crippen molar-refractivity contribution in [3.8, 4) is 0 Å². The van der Waals surface area contributed by atoms with Crippen LogP contribution in [0.2, 0.25) is 5.02 Å². The van der Waals surface area contributed by atoms with Crippen molar-refractivity contribution in [3.05, 3.63) is 34.6 Å². The van der Waals surface area contributed by atoms with Crippen LogP contribution in [-0.4, -0.2) is 37.4 Å². The second-order valence-corrected chi connectivity index (χ2v) is 5.21. The highest BCUT2D eigenvalue weighted by molar-refractivity contribution is 6.31. The number of hydrogen-bond donors (Lipinski definition) is 3. The smallest absolute Gasteiger partial charge is 0.140 e. The van der Waals surface area contributed by atoms with Crippen LogP contribution in [0.15, 0.2) is 18.2 Å². The third-order valence-electron chi connectivity index (χ3n) is 3.64. The molecule has 0 bridgehead atoms. The number of benzene rings is 1. The molecule has 100 valence electrons. The molecule has 1 aromatic carbocycles. The number of rotatable bonds is 4. The fraction of sp³-hybridized carbons (Fsp3) is 0.538. The quantitative estimate of drug-likeness (QED) is 0.661. The van der Waals surface area contributed by atoms with E-state index in [0.717, 1.165) is 26.1 Å². The summed E-state index contributed by atoms with van der Waals surface area (Å²) in [6, 6.07) is 5.19. The maximum Gasteiger partial charge on any atom is 0.140 e. The minimum absolute atomic E-state index is 0.188. The summed E-state index contributed by atoms with van der Waals surface area (Å²) in [5.41, 5.74) is 0.596. The van der Waals surface area contributed by atoms with E-state index < -0.39 is 0 Å². The first kappa shape index (κ1) is 13.7. The first-order chi connectivity index (χ1) is 8.72. The largest absolute Gasteiger partial charge is 0.396 e. The van der Waals surface area contributed by atoms with E-state index in [-0.39, 0.29) is 12.4 Å². The highest BCUT2D eigenvalue weighted by Gasteiger charge is 2.29. The summed E-state index contributed by atoms with van der Waals surface area (Å²) in [6.07, 6.45) is 0.762. The molecule has 0 saturated carbocycles. The molecule has 0 aromatic heterocycles. The Balaban J connectivity index is 2.11. The second kappa shape index (κ2) is 6.48. The fourth-order valence-electron chi connectivity index (χ4n) is 2.62. The van der Waals surface area contributed by atoms with E-state index >= 15 is 0 Å². The van der Waals surface area contributed by atoms with Gasteiger partial charge in [-0.1, -0.05) is 17.7 Å². The van der Waals surface area contributed by atoms with E-state index in [9.17, 15) is 4.39 Å². The molecule has 4 N–H and O–H groups in total. The Kier molecular flexibility index (Phi) is 4.95. The molecule has 2 atom stereocenters. The Morgan fingerprint density at radius 3 is 3.06 bits per heavy atom. The number of nitrogens with two attached hydrogens (primary N) is 1. The summed E-state index contributed by atoms with van der Waals surface area (Å²) >= 11 is 6.06. The average Bonchev–Trinajstić information content (AvgIpc) is 2.36. The average molecular weight is 275 g/mol. The Bertz CT molecular complexity index is 380. The Morgan fingerprint density at radius 1 is 1.50 bits per heavy atom. The van der Waals surface area contributed by atoms with Gasteiger partial charge in [0.05, 0.1) is 10.6 Å². The van der Waals surface area contributed by atoms with Gasteiger partial charge in [0.25, 0.3) is 0 Å². The van der Waals surface area contributed by atoms with Crippen LogP contribution in [-0.2, 0) is 6.54 Å². The SMILES string of the molecule is OCC[C@@H]1C[NH2+]CC[NH+]1Cc1c(F)cccc1Cl. The van der Waals surface area contributed by atoms with Crippen molar-refractivity contribution in [3.63, 3.8) is 0 Å². The Hall–Kier alpha value is -0.680. The number of aliphatic hydroxyl groups excluding tert-OH is 1. The van der Waals surface area contributed by atoms with Gasteiger partial charge < -0.3 is 15.3 Å². The molecule has 1 aliphatic heterocycles. The molecular weight excluding hydrogens is 255 g/mol. The molecule has 1 saturated heterocycles. The summed E-state index contributed by atoms with van der Waals surface area (Å²) in [4.78, 5) is 1.32. The maximum absolute atomic E-state index is 13.8. The van der Waals surface area contributed by atoms with Crippen molar-refractivity contribution in [2.24, 2.45) is 0 Å². The van der Waals surface area contributed by atoms with Crippen LogP contribution in [0.25, 0.3) is 0 Å². The van der Waals surface area contributed by atoms with Crippen LogP contribution in [0.3, 0.4) is 0 Å². The summed E-state index contributed by atoms with van der Waals surface area (Å²) < 4.78 is 13.8. The lowest BCUT2D eigenvalue weighted by molar-refractivity contribution is -0.982. The predicted octanol–water partition coefficient (Wildman–Crippen LogP) is -0.808. The number of piperazine rings is 1. The zero-order valence-electron chi connectivity index (χ0n) is 10.3. The van der Waals surface area contributed by atoms with E-state index in [1.54, 1.807) is 12.1 Å². The zero-order valence-corrected chi connectivity index (χ0v) is 11.1. The van der Waals surface area contributed by atoms with Crippen molar-refractivity contribution < 1.29 is 19.7 Å². The van der Waals surface area contributed by atoms with Crippen LogP contribution < -0.4 is 10.2 Å². The molecule has 0 amide bonds. The topological polar surface area (TPSA) is 41.3 Å². The predicted molar refractivity (Wildman–Crippen MR) is 68.1 cm³/mol. The number of quaternary nitrogens is 2. The molecule has 1 fully saturated rings. The molecule has 1 heterocycles. The van der Waals surface area contributed by atoms with Crippen molar-refractivity contribution >= 4 is 11.6 Å². The van der Waals surface area contributed by atoms with Crippen LogP contribution in [0.4, 0.5) is 4.39 Å². The van der Waals surface area contributed by atoms with E-state index in [2.05, 4.69) is 5.32 Å². The molecule has 2 rings (SSSR count). The van der Waals surface area contributed by atoms with Gasteiger partial charge in [0, 0.05) is 13.0 Å². The summed E-state index contributed by atoms with van der Waals surface area (Å²) in [5, 5.41) is 11.8. The van der Waals surface area contributed by atoms with Crippen LogP contribution >= 0.6 is 11.6 Å². The molecule has 0 aliphatic carbocycles. The molecule has 1 aromatic rings. The lowest BCUT2D eigenvalue weighted by atomic mass is 10.1. The Morgan fingerprint density at radius 2 is 2.33 bits per heavy atom. The normalized spacial score (nSPS) is 24.2. The number of aliphatic hydroxyl groups is 1.